The topological polar surface area (TPSA) is 83.2 Å². The van der Waals surface area contributed by atoms with Crippen LogP contribution < -0.4 is 10.6 Å². The van der Waals surface area contributed by atoms with Crippen molar-refractivity contribution in [1.82, 2.24) is 4.98 Å². The van der Waals surface area contributed by atoms with Gasteiger partial charge in [-0.3, -0.25) is 9.59 Å². The molecule has 2 aromatic carbocycles. The van der Waals surface area contributed by atoms with Crippen LogP contribution in [-0.2, 0) is 9.53 Å². The van der Waals surface area contributed by atoms with E-state index >= 15 is 0 Å². The molecule has 132 valence electrons. The Morgan fingerprint density at radius 2 is 1.77 bits per heavy atom. The average molecular weight is 349 g/mol. The molecule has 0 aliphatic carbocycles. The van der Waals surface area contributed by atoms with E-state index in [0.717, 1.165) is 23.7 Å². The van der Waals surface area contributed by atoms with Crippen molar-refractivity contribution < 1.29 is 14.3 Å². The molecule has 1 unspecified atom stereocenters. The highest BCUT2D eigenvalue weighted by Crippen LogP contribution is 2.19. The predicted molar refractivity (Wildman–Crippen MR) is 100 cm³/mol. The van der Waals surface area contributed by atoms with Crippen LogP contribution in [0.15, 0.2) is 54.7 Å². The number of carbonyl (C=O) groups is 2. The number of amides is 2. The Morgan fingerprint density at radius 1 is 1.00 bits per heavy atom. The number of aromatic amines is 1. The van der Waals surface area contributed by atoms with Crippen molar-refractivity contribution in [3.05, 3.63) is 60.3 Å². The van der Waals surface area contributed by atoms with Gasteiger partial charge in [0.2, 0.25) is 0 Å². The lowest BCUT2D eigenvalue weighted by Crippen LogP contribution is -2.26. The van der Waals surface area contributed by atoms with E-state index < -0.39 is 0 Å². The SMILES string of the molecule is O=C(Nc1ccc(NC(=O)C2CCCO2)cc1)c1ccc2[nH]ccc2c1. The lowest BCUT2D eigenvalue weighted by Gasteiger charge is -2.11. The Morgan fingerprint density at radius 3 is 2.50 bits per heavy atom. The average Bonchev–Trinajstić information content (AvgIpc) is 3.34. The van der Waals surface area contributed by atoms with Gasteiger partial charge in [0.05, 0.1) is 0 Å². The summed E-state index contributed by atoms with van der Waals surface area (Å²) in [5.41, 5.74) is 2.93. The summed E-state index contributed by atoms with van der Waals surface area (Å²) in [4.78, 5) is 27.5. The number of carbonyl (C=O) groups excluding carboxylic acids is 2. The van der Waals surface area contributed by atoms with Crippen LogP contribution in [0.5, 0.6) is 0 Å². The van der Waals surface area contributed by atoms with E-state index in [1.807, 2.05) is 24.4 Å². The summed E-state index contributed by atoms with van der Waals surface area (Å²) in [5.74, 6) is -0.302. The van der Waals surface area contributed by atoms with Crippen molar-refractivity contribution in [3.8, 4) is 0 Å². The van der Waals surface area contributed by atoms with E-state index in [1.165, 1.54) is 0 Å². The molecule has 0 radical (unpaired) electrons. The summed E-state index contributed by atoms with van der Waals surface area (Å²) in [6.45, 7) is 0.637. The van der Waals surface area contributed by atoms with E-state index in [2.05, 4.69) is 15.6 Å². The molecule has 6 heteroatoms. The monoisotopic (exact) mass is 349 g/mol. The van der Waals surface area contributed by atoms with Gasteiger partial charge in [0, 0.05) is 40.6 Å². The number of fused-ring (bicyclic) bond motifs is 1. The summed E-state index contributed by atoms with van der Waals surface area (Å²) in [6.07, 6.45) is 3.15. The molecule has 26 heavy (non-hydrogen) atoms. The molecule has 6 nitrogen and oxygen atoms in total. The van der Waals surface area contributed by atoms with Gasteiger partial charge in [-0.2, -0.15) is 0 Å². The first-order chi connectivity index (χ1) is 12.7. The molecule has 2 amide bonds. The molecule has 1 atom stereocenters. The fraction of sp³-hybridized carbons (Fsp3) is 0.200. The first-order valence-corrected chi connectivity index (χ1v) is 8.60. The number of anilines is 2. The third-order valence-electron chi connectivity index (χ3n) is 4.45. The van der Waals surface area contributed by atoms with E-state index in [1.54, 1.807) is 30.3 Å². The van der Waals surface area contributed by atoms with Crippen LogP contribution in [0.3, 0.4) is 0 Å². The molecule has 1 aliphatic heterocycles. The third-order valence-corrected chi connectivity index (χ3v) is 4.45. The molecular formula is C20H19N3O3. The van der Waals surface area contributed by atoms with Gasteiger partial charge in [0.25, 0.3) is 11.8 Å². The zero-order chi connectivity index (χ0) is 17.9. The fourth-order valence-corrected chi connectivity index (χ4v) is 3.04. The second-order valence-electron chi connectivity index (χ2n) is 6.30. The minimum Gasteiger partial charge on any atom is -0.368 e. The molecule has 1 fully saturated rings. The summed E-state index contributed by atoms with van der Waals surface area (Å²) >= 11 is 0. The Labute approximate surface area is 150 Å². The van der Waals surface area contributed by atoms with Crippen molar-refractivity contribution in [2.75, 3.05) is 17.2 Å². The Kier molecular flexibility index (Phi) is 4.41. The predicted octanol–water partition coefficient (Wildman–Crippen LogP) is 3.54. The lowest BCUT2D eigenvalue weighted by molar-refractivity contribution is -0.124. The van der Waals surface area contributed by atoms with Gasteiger partial charge in [-0.05, 0) is 61.4 Å². The zero-order valence-corrected chi connectivity index (χ0v) is 14.1. The number of hydrogen-bond donors (Lipinski definition) is 3. The first kappa shape index (κ1) is 16.4. The van der Waals surface area contributed by atoms with Gasteiger partial charge in [-0.15, -0.1) is 0 Å². The minimum atomic E-state index is -0.363. The summed E-state index contributed by atoms with van der Waals surface area (Å²) in [7, 11) is 0. The van der Waals surface area contributed by atoms with Gasteiger partial charge < -0.3 is 20.4 Å². The van der Waals surface area contributed by atoms with E-state index in [-0.39, 0.29) is 17.9 Å². The van der Waals surface area contributed by atoms with Crippen LogP contribution in [-0.4, -0.2) is 29.5 Å². The number of aromatic nitrogens is 1. The molecule has 3 N–H and O–H groups in total. The van der Waals surface area contributed by atoms with Crippen LogP contribution in [0, 0.1) is 0 Å². The second kappa shape index (κ2) is 7.01. The maximum absolute atomic E-state index is 12.4. The van der Waals surface area contributed by atoms with Gasteiger partial charge in [0.15, 0.2) is 0 Å². The largest absolute Gasteiger partial charge is 0.368 e. The second-order valence-corrected chi connectivity index (χ2v) is 6.30. The summed E-state index contributed by atoms with van der Waals surface area (Å²) < 4.78 is 5.37. The molecule has 0 bridgehead atoms. The first-order valence-electron chi connectivity index (χ1n) is 8.60. The van der Waals surface area contributed by atoms with Crippen LogP contribution in [0.1, 0.15) is 23.2 Å². The summed E-state index contributed by atoms with van der Waals surface area (Å²) in [5, 5.41) is 6.69. The number of rotatable bonds is 4. The molecule has 0 saturated carbocycles. The van der Waals surface area contributed by atoms with Crippen LogP contribution >= 0.6 is 0 Å². The maximum atomic E-state index is 12.4. The third kappa shape index (κ3) is 3.45. The quantitative estimate of drug-likeness (QED) is 0.674. The smallest absolute Gasteiger partial charge is 0.255 e. The van der Waals surface area contributed by atoms with Crippen molar-refractivity contribution in [2.45, 2.75) is 18.9 Å². The van der Waals surface area contributed by atoms with Crippen molar-refractivity contribution in [2.24, 2.45) is 0 Å². The summed E-state index contributed by atoms with van der Waals surface area (Å²) in [6, 6.07) is 14.5. The Hall–Kier alpha value is -3.12. The lowest BCUT2D eigenvalue weighted by atomic mass is 10.1. The van der Waals surface area contributed by atoms with Crippen molar-refractivity contribution in [3.63, 3.8) is 0 Å². The van der Waals surface area contributed by atoms with Gasteiger partial charge >= 0.3 is 0 Å². The normalized spacial score (nSPS) is 16.5. The molecule has 4 rings (SSSR count). The Balaban J connectivity index is 1.40. The van der Waals surface area contributed by atoms with Gasteiger partial charge in [-0.25, -0.2) is 0 Å². The zero-order valence-electron chi connectivity index (χ0n) is 14.1. The number of hydrogen-bond acceptors (Lipinski definition) is 3. The van der Waals surface area contributed by atoms with E-state index in [0.29, 0.717) is 23.5 Å². The molecule has 1 aromatic heterocycles. The van der Waals surface area contributed by atoms with Crippen molar-refractivity contribution >= 4 is 34.1 Å². The van der Waals surface area contributed by atoms with Crippen LogP contribution in [0.4, 0.5) is 11.4 Å². The fourth-order valence-electron chi connectivity index (χ4n) is 3.04. The molecule has 0 spiro atoms. The molecule has 1 aliphatic rings. The van der Waals surface area contributed by atoms with Crippen molar-refractivity contribution in [1.29, 1.82) is 0 Å². The van der Waals surface area contributed by atoms with E-state index in [9.17, 15) is 9.59 Å². The van der Waals surface area contributed by atoms with Gasteiger partial charge in [-0.1, -0.05) is 0 Å². The number of benzene rings is 2. The standard InChI is InChI=1S/C20H19N3O3/c24-19(14-3-8-17-13(12-14)9-10-21-17)22-15-4-6-16(7-5-15)23-20(25)18-2-1-11-26-18/h3-10,12,18,21H,1-2,11H2,(H,22,24)(H,23,25). The number of H-pyrrole nitrogens is 1. The van der Waals surface area contributed by atoms with Crippen LogP contribution in [0.25, 0.3) is 10.9 Å². The van der Waals surface area contributed by atoms with Gasteiger partial charge in [0.1, 0.15) is 6.10 Å². The molecule has 1 saturated heterocycles. The highest BCUT2D eigenvalue weighted by molar-refractivity contribution is 6.06. The molecular weight excluding hydrogens is 330 g/mol. The number of ether oxygens (including phenoxy) is 1. The van der Waals surface area contributed by atoms with Crippen LogP contribution in [0.2, 0.25) is 0 Å². The van der Waals surface area contributed by atoms with E-state index in [4.69, 9.17) is 4.74 Å². The molecule has 3 aromatic rings. The number of nitrogens with one attached hydrogen (secondary N) is 3. The minimum absolute atomic E-state index is 0.126. The Bertz CT molecular complexity index is 940. The molecule has 2 heterocycles. The highest BCUT2D eigenvalue weighted by atomic mass is 16.5. The maximum Gasteiger partial charge on any atom is 0.255 e. The highest BCUT2D eigenvalue weighted by Gasteiger charge is 2.23.